The summed E-state index contributed by atoms with van der Waals surface area (Å²) >= 11 is 0. The van der Waals surface area contributed by atoms with E-state index in [0.717, 1.165) is 18.4 Å². The summed E-state index contributed by atoms with van der Waals surface area (Å²) in [5, 5.41) is 12.2. The fourth-order valence-electron chi connectivity index (χ4n) is 2.62. The highest BCUT2D eigenvalue weighted by Crippen LogP contribution is 2.32. The van der Waals surface area contributed by atoms with Gasteiger partial charge in [-0.3, -0.25) is 9.78 Å². The molecule has 5 nitrogen and oxygen atoms in total. The fourth-order valence-corrected chi connectivity index (χ4v) is 2.62. The minimum absolute atomic E-state index is 0.363. The van der Waals surface area contributed by atoms with Crippen LogP contribution in [0, 0.1) is 12.8 Å². The second-order valence-corrected chi connectivity index (χ2v) is 5.77. The number of carbonyl (C=O) groups excluding carboxylic acids is 1. The Morgan fingerprint density at radius 2 is 2.00 bits per heavy atom. The van der Waals surface area contributed by atoms with Crippen LogP contribution >= 0.6 is 0 Å². The second-order valence-electron chi connectivity index (χ2n) is 5.77. The van der Waals surface area contributed by atoms with E-state index in [-0.39, 0.29) is 5.91 Å². The lowest BCUT2D eigenvalue weighted by Gasteiger charge is -2.36. The first kappa shape index (κ1) is 14.5. The van der Waals surface area contributed by atoms with E-state index in [9.17, 15) is 14.7 Å². The lowest BCUT2D eigenvalue weighted by atomic mass is 9.77. The van der Waals surface area contributed by atoms with Crippen LogP contribution in [-0.4, -0.2) is 27.5 Å². The Labute approximate surface area is 118 Å². The monoisotopic (exact) mass is 276 g/mol. The smallest absolute Gasteiger partial charge is 0.329 e. The molecule has 20 heavy (non-hydrogen) atoms. The van der Waals surface area contributed by atoms with Crippen molar-refractivity contribution >= 4 is 11.9 Å². The average molecular weight is 276 g/mol. The van der Waals surface area contributed by atoms with Crippen LogP contribution in [0.25, 0.3) is 0 Å². The minimum atomic E-state index is -1.13. The molecule has 2 rings (SSSR count). The molecule has 1 aromatic heterocycles. The zero-order valence-corrected chi connectivity index (χ0v) is 11.8. The summed E-state index contributed by atoms with van der Waals surface area (Å²) in [5.41, 5.74) is 0.149. The summed E-state index contributed by atoms with van der Waals surface area (Å²) in [5.74, 6) is -0.795. The van der Waals surface area contributed by atoms with Gasteiger partial charge >= 0.3 is 5.97 Å². The highest BCUT2D eigenvalue weighted by atomic mass is 16.4. The molecule has 2 N–H and O–H groups in total. The van der Waals surface area contributed by atoms with Crippen molar-refractivity contribution in [1.29, 1.82) is 0 Å². The number of pyridine rings is 1. The van der Waals surface area contributed by atoms with Crippen molar-refractivity contribution in [3.8, 4) is 0 Å². The summed E-state index contributed by atoms with van der Waals surface area (Å²) in [6, 6.07) is 1.71. The number of nitrogens with zero attached hydrogens (tertiary/aromatic N) is 1. The molecule has 108 valence electrons. The number of aromatic nitrogens is 1. The predicted octanol–water partition coefficient (Wildman–Crippen LogP) is 2.15. The summed E-state index contributed by atoms with van der Waals surface area (Å²) in [6.45, 7) is 3.96. The Balaban J connectivity index is 2.17. The molecular formula is C15H20N2O3. The zero-order chi connectivity index (χ0) is 14.8. The molecular weight excluding hydrogens is 256 g/mol. The van der Waals surface area contributed by atoms with Gasteiger partial charge < -0.3 is 10.4 Å². The Hall–Kier alpha value is -1.91. The standard InChI is InChI=1S/C15H20N2O3/c1-10-3-5-15(6-4-10,14(19)20)17-13(18)12-7-11(2)8-16-9-12/h7-10H,3-6H2,1-2H3,(H,17,18)(H,19,20). The molecule has 1 aliphatic carbocycles. The van der Waals surface area contributed by atoms with Crippen molar-refractivity contribution in [3.63, 3.8) is 0 Å². The number of carbonyl (C=O) groups is 2. The Morgan fingerprint density at radius 1 is 1.35 bits per heavy atom. The molecule has 1 amide bonds. The lowest BCUT2D eigenvalue weighted by molar-refractivity contribution is -0.146. The third kappa shape index (κ3) is 2.98. The van der Waals surface area contributed by atoms with Gasteiger partial charge in [0.2, 0.25) is 0 Å². The van der Waals surface area contributed by atoms with Gasteiger partial charge in [-0.2, -0.15) is 0 Å². The molecule has 5 heteroatoms. The highest BCUT2D eigenvalue weighted by Gasteiger charge is 2.42. The number of carboxylic acids is 1. The quantitative estimate of drug-likeness (QED) is 0.886. The van der Waals surface area contributed by atoms with Crippen molar-refractivity contribution < 1.29 is 14.7 Å². The van der Waals surface area contributed by atoms with E-state index in [1.54, 1.807) is 12.3 Å². The third-order valence-corrected chi connectivity index (χ3v) is 4.03. The van der Waals surface area contributed by atoms with E-state index in [1.165, 1.54) is 6.20 Å². The van der Waals surface area contributed by atoms with Crippen LogP contribution in [0.15, 0.2) is 18.5 Å². The van der Waals surface area contributed by atoms with Crippen LogP contribution in [0.2, 0.25) is 0 Å². The molecule has 0 atom stereocenters. The normalized spacial score (nSPS) is 26.0. The molecule has 1 aromatic rings. The molecule has 1 heterocycles. The van der Waals surface area contributed by atoms with Gasteiger partial charge in [-0.25, -0.2) is 4.79 Å². The summed E-state index contributed by atoms with van der Waals surface area (Å²) in [6.07, 6.45) is 5.72. The van der Waals surface area contributed by atoms with Crippen molar-refractivity contribution in [3.05, 3.63) is 29.6 Å². The van der Waals surface area contributed by atoms with Crippen LogP contribution in [-0.2, 0) is 4.79 Å². The number of nitrogens with one attached hydrogen (secondary N) is 1. The molecule has 0 spiro atoms. The number of aliphatic carboxylic acids is 1. The Bertz CT molecular complexity index is 520. The molecule has 0 bridgehead atoms. The van der Waals surface area contributed by atoms with Crippen molar-refractivity contribution in [2.24, 2.45) is 5.92 Å². The van der Waals surface area contributed by atoms with Gasteiger partial charge in [0.15, 0.2) is 0 Å². The lowest BCUT2D eigenvalue weighted by Crippen LogP contribution is -2.56. The van der Waals surface area contributed by atoms with Crippen molar-refractivity contribution in [2.45, 2.75) is 45.1 Å². The van der Waals surface area contributed by atoms with E-state index in [1.807, 2.05) is 6.92 Å². The van der Waals surface area contributed by atoms with Gasteiger partial charge in [-0.05, 0) is 50.2 Å². The first-order valence-corrected chi connectivity index (χ1v) is 6.90. The number of aryl methyl sites for hydroxylation is 1. The number of hydrogen-bond acceptors (Lipinski definition) is 3. The first-order chi connectivity index (χ1) is 9.43. The number of carboxylic acid groups (broad SMARTS) is 1. The number of hydrogen-bond donors (Lipinski definition) is 2. The zero-order valence-electron chi connectivity index (χ0n) is 11.8. The van der Waals surface area contributed by atoms with E-state index in [2.05, 4.69) is 17.2 Å². The topological polar surface area (TPSA) is 79.3 Å². The molecule has 0 aromatic carbocycles. The van der Waals surface area contributed by atoms with Gasteiger partial charge in [0.25, 0.3) is 5.91 Å². The molecule has 0 unspecified atom stereocenters. The Kier molecular flexibility index (Phi) is 4.06. The maximum Gasteiger partial charge on any atom is 0.329 e. The van der Waals surface area contributed by atoms with Crippen LogP contribution in [0.5, 0.6) is 0 Å². The average Bonchev–Trinajstić information content (AvgIpc) is 2.41. The van der Waals surface area contributed by atoms with Gasteiger partial charge in [0.1, 0.15) is 5.54 Å². The SMILES string of the molecule is Cc1cncc(C(=O)NC2(C(=O)O)CCC(C)CC2)c1. The molecule has 1 fully saturated rings. The second kappa shape index (κ2) is 5.61. The van der Waals surface area contributed by atoms with E-state index in [4.69, 9.17) is 0 Å². The van der Waals surface area contributed by atoms with E-state index < -0.39 is 11.5 Å². The molecule has 1 aliphatic rings. The maximum absolute atomic E-state index is 12.2. The summed E-state index contributed by atoms with van der Waals surface area (Å²) < 4.78 is 0. The van der Waals surface area contributed by atoms with Crippen LogP contribution in [0.3, 0.4) is 0 Å². The molecule has 0 aliphatic heterocycles. The van der Waals surface area contributed by atoms with Gasteiger partial charge in [-0.1, -0.05) is 6.92 Å². The fraction of sp³-hybridized carbons (Fsp3) is 0.533. The largest absolute Gasteiger partial charge is 0.480 e. The maximum atomic E-state index is 12.2. The number of rotatable bonds is 3. The molecule has 0 radical (unpaired) electrons. The summed E-state index contributed by atoms with van der Waals surface area (Å²) in [7, 11) is 0. The van der Waals surface area contributed by atoms with Gasteiger partial charge in [0.05, 0.1) is 5.56 Å². The Morgan fingerprint density at radius 3 is 2.55 bits per heavy atom. The number of amides is 1. The van der Waals surface area contributed by atoms with Crippen molar-refractivity contribution in [1.82, 2.24) is 10.3 Å². The third-order valence-electron chi connectivity index (χ3n) is 4.03. The van der Waals surface area contributed by atoms with Crippen LogP contribution in [0.4, 0.5) is 0 Å². The molecule has 0 saturated heterocycles. The van der Waals surface area contributed by atoms with Crippen LogP contribution < -0.4 is 5.32 Å². The summed E-state index contributed by atoms with van der Waals surface area (Å²) in [4.78, 5) is 27.8. The predicted molar refractivity (Wildman–Crippen MR) is 74.4 cm³/mol. The molecule has 1 saturated carbocycles. The minimum Gasteiger partial charge on any atom is -0.480 e. The van der Waals surface area contributed by atoms with Crippen molar-refractivity contribution in [2.75, 3.05) is 0 Å². The van der Waals surface area contributed by atoms with E-state index >= 15 is 0 Å². The van der Waals surface area contributed by atoms with Gasteiger partial charge in [0, 0.05) is 12.4 Å². The van der Waals surface area contributed by atoms with E-state index in [0.29, 0.717) is 24.3 Å². The van der Waals surface area contributed by atoms with Crippen LogP contribution in [0.1, 0.15) is 48.5 Å². The highest BCUT2D eigenvalue weighted by molar-refractivity contribution is 5.97. The van der Waals surface area contributed by atoms with Gasteiger partial charge in [-0.15, -0.1) is 0 Å². The first-order valence-electron chi connectivity index (χ1n) is 6.90.